The molecule has 1 aromatic carbocycles. The van der Waals surface area contributed by atoms with Crippen LogP contribution in [0.2, 0.25) is 0 Å². The molecule has 0 aliphatic carbocycles. The number of carboxylic acids is 1. The molecule has 2 heterocycles. The van der Waals surface area contributed by atoms with Gasteiger partial charge in [0.25, 0.3) is 0 Å². The standard InChI is InChI=1S/C16H17NO3/c18-16(19)15-6-5-14(20-15)11-17-9-7-12-3-1-2-4-13(12)8-10-17/h1-6H,7-11H2,(H,18,19). The highest BCUT2D eigenvalue weighted by Gasteiger charge is 2.16. The van der Waals surface area contributed by atoms with Crippen LogP contribution in [0.15, 0.2) is 40.8 Å². The van der Waals surface area contributed by atoms with E-state index in [1.165, 1.54) is 17.2 Å². The van der Waals surface area contributed by atoms with E-state index in [4.69, 9.17) is 9.52 Å². The maximum atomic E-state index is 10.8. The summed E-state index contributed by atoms with van der Waals surface area (Å²) in [6.07, 6.45) is 2.06. The first-order valence-corrected chi connectivity index (χ1v) is 6.83. The van der Waals surface area contributed by atoms with Gasteiger partial charge in [0.2, 0.25) is 5.76 Å². The Bertz CT molecular complexity index is 591. The molecule has 0 amide bonds. The molecule has 1 N–H and O–H groups in total. The molecule has 4 heteroatoms. The maximum absolute atomic E-state index is 10.8. The largest absolute Gasteiger partial charge is 0.475 e. The third kappa shape index (κ3) is 2.75. The summed E-state index contributed by atoms with van der Waals surface area (Å²) < 4.78 is 5.32. The van der Waals surface area contributed by atoms with Crippen molar-refractivity contribution in [1.82, 2.24) is 4.90 Å². The van der Waals surface area contributed by atoms with E-state index in [-0.39, 0.29) is 5.76 Å². The van der Waals surface area contributed by atoms with Crippen LogP contribution in [0.5, 0.6) is 0 Å². The molecule has 104 valence electrons. The fraction of sp³-hybridized carbons (Fsp3) is 0.312. The first-order chi connectivity index (χ1) is 9.72. The van der Waals surface area contributed by atoms with Crippen LogP contribution in [0.3, 0.4) is 0 Å². The molecule has 20 heavy (non-hydrogen) atoms. The number of rotatable bonds is 3. The molecule has 2 aromatic rings. The number of nitrogens with zero attached hydrogens (tertiary/aromatic N) is 1. The van der Waals surface area contributed by atoms with Crippen molar-refractivity contribution in [3.05, 3.63) is 59.0 Å². The van der Waals surface area contributed by atoms with Crippen molar-refractivity contribution in [3.8, 4) is 0 Å². The van der Waals surface area contributed by atoms with Gasteiger partial charge in [-0.25, -0.2) is 4.79 Å². The number of carbonyl (C=O) groups is 1. The van der Waals surface area contributed by atoms with Gasteiger partial charge in [0.15, 0.2) is 0 Å². The van der Waals surface area contributed by atoms with E-state index in [2.05, 4.69) is 29.2 Å². The van der Waals surface area contributed by atoms with Crippen molar-refractivity contribution >= 4 is 5.97 Å². The Balaban J connectivity index is 1.66. The topological polar surface area (TPSA) is 53.7 Å². The first kappa shape index (κ1) is 12.9. The van der Waals surface area contributed by atoms with Crippen LogP contribution in [-0.4, -0.2) is 29.1 Å². The van der Waals surface area contributed by atoms with E-state index < -0.39 is 5.97 Å². The number of benzene rings is 1. The zero-order valence-corrected chi connectivity index (χ0v) is 11.2. The number of furan rings is 1. The number of fused-ring (bicyclic) bond motifs is 1. The van der Waals surface area contributed by atoms with Crippen molar-refractivity contribution in [3.63, 3.8) is 0 Å². The van der Waals surface area contributed by atoms with E-state index in [9.17, 15) is 4.79 Å². The summed E-state index contributed by atoms with van der Waals surface area (Å²) in [5, 5.41) is 8.86. The number of hydrogen-bond donors (Lipinski definition) is 1. The van der Waals surface area contributed by atoms with Gasteiger partial charge in [-0.3, -0.25) is 4.90 Å². The highest BCUT2D eigenvalue weighted by atomic mass is 16.4. The molecule has 0 bridgehead atoms. The molecule has 3 rings (SSSR count). The van der Waals surface area contributed by atoms with Gasteiger partial charge in [0, 0.05) is 13.1 Å². The van der Waals surface area contributed by atoms with Crippen LogP contribution in [0, 0.1) is 0 Å². The number of carboxylic acid groups (broad SMARTS) is 1. The second-order valence-electron chi connectivity index (χ2n) is 5.12. The lowest BCUT2D eigenvalue weighted by Crippen LogP contribution is -2.25. The molecule has 0 unspecified atom stereocenters. The van der Waals surface area contributed by atoms with Crippen LogP contribution in [0.1, 0.15) is 27.4 Å². The van der Waals surface area contributed by atoms with Gasteiger partial charge in [0.1, 0.15) is 5.76 Å². The minimum Gasteiger partial charge on any atom is -0.475 e. The van der Waals surface area contributed by atoms with Gasteiger partial charge in [-0.15, -0.1) is 0 Å². The molecule has 0 fully saturated rings. The van der Waals surface area contributed by atoms with Gasteiger partial charge in [-0.05, 0) is 36.1 Å². The minimum atomic E-state index is -1.01. The molecule has 1 aliphatic rings. The van der Waals surface area contributed by atoms with Crippen molar-refractivity contribution < 1.29 is 14.3 Å². The smallest absolute Gasteiger partial charge is 0.371 e. The van der Waals surface area contributed by atoms with E-state index in [0.717, 1.165) is 25.9 Å². The SMILES string of the molecule is O=C(O)c1ccc(CN2CCc3ccccc3CC2)o1. The molecular weight excluding hydrogens is 254 g/mol. The highest BCUT2D eigenvalue weighted by Crippen LogP contribution is 2.18. The summed E-state index contributed by atoms with van der Waals surface area (Å²) in [5.74, 6) is -0.286. The van der Waals surface area contributed by atoms with Crippen molar-refractivity contribution in [2.45, 2.75) is 19.4 Å². The van der Waals surface area contributed by atoms with Gasteiger partial charge < -0.3 is 9.52 Å². The van der Waals surface area contributed by atoms with Crippen molar-refractivity contribution in [1.29, 1.82) is 0 Å². The summed E-state index contributed by atoms with van der Waals surface area (Å²) in [7, 11) is 0. The maximum Gasteiger partial charge on any atom is 0.371 e. The summed E-state index contributed by atoms with van der Waals surface area (Å²) in [4.78, 5) is 13.1. The van der Waals surface area contributed by atoms with E-state index >= 15 is 0 Å². The zero-order valence-electron chi connectivity index (χ0n) is 11.2. The van der Waals surface area contributed by atoms with Crippen molar-refractivity contribution in [2.75, 3.05) is 13.1 Å². The molecule has 1 aliphatic heterocycles. The predicted molar refractivity (Wildman–Crippen MR) is 74.8 cm³/mol. The Morgan fingerprint density at radius 2 is 1.75 bits per heavy atom. The van der Waals surface area contributed by atoms with Crippen LogP contribution >= 0.6 is 0 Å². The Labute approximate surface area is 117 Å². The second-order valence-corrected chi connectivity index (χ2v) is 5.12. The Hall–Kier alpha value is -2.07. The Morgan fingerprint density at radius 3 is 2.30 bits per heavy atom. The monoisotopic (exact) mass is 271 g/mol. The Morgan fingerprint density at radius 1 is 1.10 bits per heavy atom. The molecule has 0 radical (unpaired) electrons. The fourth-order valence-corrected chi connectivity index (χ4v) is 2.67. The van der Waals surface area contributed by atoms with E-state index in [1.54, 1.807) is 6.07 Å². The lowest BCUT2D eigenvalue weighted by molar-refractivity contribution is 0.0658. The van der Waals surface area contributed by atoms with Crippen LogP contribution < -0.4 is 0 Å². The van der Waals surface area contributed by atoms with Crippen molar-refractivity contribution in [2.24, 2.45) is 0 Å². The fourth-order valence-electron chi connectivity index (χ4n) is 2.67. The lowest BCUT2D eigenvalue weighted by atomic mass is 10.0. The van der Waals surface area contributed by atoms with Gasteiger partial charge >= 0.3 is 5.97 Å². The van der Waals surface area contributed by atoms with Crippen LogP contribution in [0.4, 0.5) is 0 Å². The molecule has 0 saturated carbocycles. The molecule has 0 saturated heterocycles. The van der Waals surface area contributed by atoms with Gasteiger partial charge in [0.05, 0.1) is 6.54 Å². The zero-order chi connectivity index (χ0) is 13.9. The number of hydrogen-bond acceptors (Lipinski definition) is 3. The summed E-state index contributed by atoms with van der Waals surface area (Å²) in [6, 6.07) is 11.8. The summed E-state index contributed by atoms with van der Waals surface area (Å²) >= 11 is 0. The normalized spacial score (nSPS) is 15.6. The van der Waals surface area contributed by atoms with E-state index in [0.29, 0.717) is 12.3 Å². The van der Waals surface area contributed by atoms with Gasteiger partial charge in [-0.2, -0.15) is 0 Å². The quantitative estimate of drug-likeness (QED) is 0.932. The summed E-state index contributed by atoms with van der Waals surface area (Å²) in [6.45, 7) is 2.61. The predicted octanol–water partition coefficient (Wildman–Crippen LogP) is 2.58. The molecule has 4 nitrogen and oxygen atoms in total. The number of aromatic carboxylic acids is 1. The summed E-state index contributed by atoms with van der Waals surface area (Å²) in [5.41, 5.74) is 2.83. The molecule has 1 aromatic heterocycles. The van der Waals surface area contributed by atoms with E-state index in [1.807, 2.05) is 0 Å². The minimum absolute atomic E-state index is 0.0121. The third-order valence-electron chi connectivity index (χ3n) is 3.77. The van der Waals surface area contributed by atoms with Gasteiger partial charge in [-0.1, -0.05) is 24.3 Å². The second kappa shape index (κ2) is 5.51. The molecular formula is C16H17NO3. The average Bonchev–Trinajstić information content (AvgIpc) is 2.82. The Kier molecular flexibility index (Phi) is 3.56. The van der Waals surface area contributed by atoms with Crippen LogP contribution in [-0.2, 0) is 19.4 Å². The van der Waals surface area contributed by atoms with Crippen LogP contribution in [0.25, 0.3) is 0 Å². The molecule has 0 spiro atoms. The highest BCUT2D eigenvalue weighted by molar-refractivity contribution is 5.84. The third-order valence-corrected chi connectivity index (χ3v) is 3.77. The first-order valence-electron chi connectivity index (χ1n) is 6.83. The molecule has 0 atom stereocenters. The average molecular weight is 271 g/mol. The lowest BCUT2D eigenvalue weighted by Gasteiger charge is -2.17.